The van der Waals surface area contributed by atoms with Crippen LogP contribution in [0, 0.1) is 0 Å². The lowest BCUT2D eigenvalue weighted by molar-refractivity contribution is -0.137. The van der Waals surface area contributed by atoms with E-state index in [9.17, 15) is 24.3 Å². The van der Waals surface area contributed by atoms with Crippen LogP contribution in [-0.2, 0) is 14.3 Å². The number of fused-ring (bicyclic) bond motifs is 1. The minimum atomic E-state index is -0.957. The number of nitrogens with one attached hydrogen (secondary N) is 1. The summed E-state index contributed by atoms with van der Waals surface area (Å²) in [5.41, 5.74) is 1.57. The molecule has 1 aliphatic carbocycles. The summed E-state index contributed by atoms with van der Waals surface area (Å²) in [4.78, 5) is 52.1. The van der Waals surface area contributed by atoms with Crippen molar-refractivity contribution in [1.29, 1.82) is 0 Å². The molecule has 1 aromatic rings. The Bertz CT molecular complexity index is 968. The van der Waals surface area contributed by atoms with Crippen molar-refractivity contribution in [2.75, 3.05) is 25.0 Å². The predicted molar refractivity (Wildman–Crippen MR) is 111 cm³/mol. The molecule has 164 valence electrons. The third-order valence-corrected chi connectivity index (χ3v) is 5.88. The highest BCUT2D eigenvalue weighted by atomic mass is 16.5. The zero-order valence-corrected chi connectivity index (χ0v) is 17.3. The molecule has 0 unspecified atom stereocenters. The van der Waals surface area contributed by atoms with E-state index in [4.69, 9.17) is 4.74 Å². The molecule has 2 N–H and O–H groups in total. The van der Waals surface area contributed by atoms with E-state index in [1.165, 1.54) is 4.90 Å². The summed E-state index contributed by atoms with van der Waals surface area (Å²) in [5, 5.41) is 12.1. The van der Waals surface area contributed by atoms with E-state index in [1.54, 1.807) is 30.0 Å². The number of rotatable bonds is 6. The van der Waals surface area contributed by atoms with Gasteiger partial charge in [-0.15, -0.1) is 0 Å². The summed E-state index contributed by atoms with van der Waals surface area (Å²) in [6, 6.07) is 4.80. The van der Waals surface area contributed by atoms with Crippen molar-refractivity contribution in [3.8, 4) is 0 Å². The van der Waals surface area contributed by atoms with Crippen molar-refractivity contribution in [3.05, 3.63) is 35.4 Å². The van der Waals surface area contributed by atoms with Gasteiger partial charge in [0.25, 0.3) is 11.8 Å². The Morgan fingerprint density at radius 3 is 2.74 bits per heavy atom. The average Bonchev–Trinajstić information content (AvgIpc) is 3.38. The van der Waals surface area contributed by atoms with E-state index in [2.05, 4.69) is 5.32 Å². The summed E-state index contributed by atoms with van der Waals surface area (Å²) in [6.45, 7) is 2.72. The Kier molecular flexibility index (Phi) is 5.67. The van der Waals surface area contributed by atoms with E-state index < -0.39 is 18.0 Å². The molecule has 2 heterocycles. The Labute approximate surface area is 179 Å². The van der Waals surface area contributed by atoms with Crippen LogP contribution >= 0.6 is 0 Å². The lowest BCUT2D eigenvalue weighted by atomic mass is 10.0. The molecule has 9 nitrogen and oxygen atoms in total. The van der Waals surface area contributed by atoms with Crippen LogP contribution in [0.15, 0.2) is 24.3 Å². The summed E-state index contributed by atoms with van der Waals surface area (Å²) in [6.07, 6.45) is 3.49. The molecule has 3 amide bonds. The van der Waals surface area contributed by atoms with Gasteiger partial charge in [0.05, 0.1) is 18.2 Å². The van der Waals surface area contributed by atoms with Gasteiger partial charge < -0.3 is 25.0 Å². The lowest BCUT2D eigenvalue weighted by Crippen LogP contribution is -2.45. The van der Waals surface area contributed by atoms with Gasteiger partial charge >= 0.3 is 12.1 Å². The number of ether oxygens (including phenoxy) is 1. The van der Waals surface area contributed by atoms with Crippen LogP contribution in [0.25, 0.3) is 5.57 Å². The molecule has 2 aliphatic heterocycles. The first kappa shape index (κ1) is 20.9. The van der Waals surface area contributed by atoms with Crippen LogP contribution in [0.2, 0.25) is 0 Å². The average molecular weight is 427 g/mol. The van der Waals surface area contributed by atoms with Gasteiger partial charge in [-0.2, -0.15) is 0 Å². The second-order valence-corrected chi connectivity index (χ2v) is 7.99. The van der Waals surface area contributed by atoms with Crippen molar-refractivity contribution < 1.29 is 29.0 Å². The maximum atomic E-state index is 13.3. The number of hydrogen-bond donors (Lipinski definition) is 2. The lowest BCUT2D eigenvalue weighted by Gasteiger charge is -2.30. The normalized spacial score (nSPS) is 21.1. The van der Waals surface area contributed by atoms with Crippen LogP contribution in [0.3, 0.4) is 0 Å². The molecule has 0 bridgehead atoms. The molecule has 31 heavy (non-hydrogen) atoms. The smallest absolute Gasteiger partial charge is 0.407 e. The summed E-state index contributed by atoms with van der Waals surface area (Å²) < 4.78 is 4.90. The molecular formula is C22H25N3O6. The van der Waals surface area contributed by atoms with E-state index in [0.29, 0.717) is 29.9 Å². The zero-order valence-electron chi connectivity index (χ0n) is 17.3. The minimum absolute atomic E-state index is 0.103. The predicted octanol–water partition coefficient (Wildman–Crippen LogP) is 2.33. The molecule has 1 aromatic carbocycles. The van der Waals surface area contributed by atoms with Crippen LogP contribution < -0.4 is 5.32 Å². The molecule has 1 saturated heterocycles. The summed E-state index contributed by atoms with van der Waals surface area (Å²) in [5.74, 6) is -1.24. The molecule has 9 heteroatoms. The Morgan fingerprint density at radius 1 is 1.29 bits per heavy atom. The van der Waals surface area contributed by atoms with Gasteiger partial charge in [0.2, 0.25) is 0 Å². The SMILES string of the molecule is CCOC(=O)C=C1C(=O)Nc2ccc(C(=O)N(C[C@@H]3CCCN3C(=O)O)C3CC3)cc21. The molecule has 3 aliphatic rings. The van der Waals surface area contributed by atoms with Gasteiger partial charge in [0, 0.05) is 42.0 Å². The number of carbonyl (C=O) groups is 4. The molecule has 1 atom stereocenters. The van der Waals surface area contributed by atoms with Gasteiger partial charge in [-0.25, -0.2) is 9.59 Å². The van der Waals surface area contributed by atoms with Gasteiger partial charge in [0.15, 0.2) is 0 Å². The number of esters is 1. The van der Waals surface area contributed by atoms with Crippen LogP contribution in [0.5, 0.6) is 0 Å². The first-order chi connectivity index (χ1) is 14.9. The number of nitrogens with zero attached hydrogens (tertiary/aromatic N) is 2. The quantitative estimate of drug-likeness (QED) is 0.532. The van der Waals surface area contributed by atoms with Crippen molar-refractivity contribution >= 4 is 35.1 Å². The van der Waals surface area contributed by atoms with Gasteiger partial charge in [-0.3, -0.25) is 9.59 Å². The highest BCUT2D eigenvalue weighted by Crippen LogP contribution is 2.35. The fraction of sp³-hybridized carbons (Fsp3) is 0.455. The van der Waals surface area contributed by atoms with Crippen molar-refractivity contribution in [1.82, 2.24) is 9.80 Å². The number of hydrogen-bond acceptors (Lipinski definition) is 5. The molecule has 2 fully saturated rings. The molecule has 4 rings (SSSR count). The minimum Gasteiger partial charge on any atom is -0.465 e. The summed E-state index contributed by atoms with van der Waals surface area (Å²) in [7, 11) is 0. The number of likely N-dealkylation sites (tertiary alicyclic amines) is 1. The Hall–Kier alpha value is -3.36. The number of benzene rings is 1. The molecule has 0 aromatic heterocycles. The van der Waals surface area contributed by atoms with Crippen LogP contribution in [0.1, 0.15) is 48.5 Å². The topological polar surface area (TPSA) is 116 Å². The fourth-order valence-corrected chi connectivity index (χ4v) is 4.22. The third-order valence-electron chi connectivity index (χ3n) is 5.88. The van der Waals surface area contributed by atoms with E-state index in [1.807, 2.05) is 0 Å². The fourth-order valence-electron chi connectivity index (χ4n) is 4.22. The molecule has 1 saturated carbocycles. The highest BCUT2D eigenvalue weighted by molar-refractivity contribution is 6.33. The maximum Gasteiger partial charge on any atom is 0.407 e. The van der Waals surface area contributed by atoms with E-state index in [-0.39, 0.29) is 30.2 Å². The number of carbonyl (C=O) groups excluding carboxylic acids is 3. The highest BCUT2D eigenvalue weighted by Gasteiger charge is 2.38. The Balaban J connectivity index is 1.58. The number of carboxylic acid groups (broad SMARTS) is 1. The van der Waals surface area contributed by atoms with Crippen LogP contribution in [-0.4, -0.2) is 70.6 Å². The maximum absolute atomic E-state index is 13.3. The third kappa shape index (κ3) is 4.26. The molecule has 0 radical (unpaired) electrons. The largest absolute Gasteiger partial charge is 0.465 e. The molecular weight excluding hydrogens is 402 g/mol. The second kappa shape index (κ2) is 8.41. The second-order valence-electron chi connectivity index (χ2n) is 7.99. The van der Waals surface area contributed by atoms with Crippen molar-refractivity contribution in [3.63, 3.8) is 0 Å². The van der Waals surface area contributed by atoms with E-state index in [0.717, 1.165) is 31.8 Å². The summed E-state index contributed by atoms with van der Waals surface area (Å²) >= 11 is 0. The monoisotopic (exact) mass is 427 g/mol. The van der Waals surface area contributed by atoms with Crippen molar-refractivity contribution in [2.45, 2.75) is 44.7 Å². The number of amides is 3. The van der Waals surface area contributed by atoms with Gasteiger partial charge in [-0.1, -0.05) is 0 Å². The number of anilines is 1. The van der Waals surface area contributed by atoms with Gasteiger partial charge in [-0.05, 0) is 50.8 Å². The van der Waals surface area contributed by atoms with E-state index >= 15 is 0 Å². The first-order valence-corrected chi connectivity index (χ1v) is 10.5. The van der Waals surface area contributed by atoms with Crippen molar-refractivity contribution in [2.24, 2.45) is 0 Å². The van der Waals surface area contributed by atoms with Gasteiger partial charge in [0.1, 0.15) is 0 Å². The standard InChI is InChI=1S/C22H25N3O6/c1-2-31-19(26)11-17-16-10-13(5-8-18(16)23-20(17)27)21(28)25(14-6-7-14)12-15-4-3-9-24(15)22(29)30/h5,8,10-11,14-15H,2-4,6-7,9,12H2,1H3,(H,23,27)(H,29,30)/t15-/m0/s1. The Morgan fingerprint density at radius 2 is 2.06 bits per heavy atom. The zero-order chi connectivity index (χ0) is 22.1. The first-order valence-electron chi connectivity index (χ1n) is 10.5. The van der Waals surface area contributed by atoms with Crippen LogP contribution in [0.4, 0.5) is 10.5 Å². The molecule has 0 spiro atoms.